The lowest BCUT2D eigenvalue weighted by Gasteiger charge is -2.26. The number of imidazole rings is 1. The van der Waals surface area contributed by atoms with Crippen LogP contribution >= 0.6 is 0 Å². The highest BCUT2D eigenvalue weighted by molar-refractivity contribution is 5.83. The first-order chi connectivity index (χ1) is 8.99. The fourth-order valence-corrected chi connectivity index (χ4v) is 3.17. The van der Waals surface area contributed by atoms with Gasteiger partial charge in [0, 0.05) is 17.8 Å². The van der Waals surface area contributed by atoms with Crippen molar-refractivity contribution in [2.24, 2.45) is 5.41 Å². The predicted octanol–water partition coefficient (Wildman–Crippen LogP) is 2.82. The lowest BCUT2D eigenvalue weighted by atomic mass is 9.78. The molecule has 0 bridgehead atoms. The minimum absolute atomic E-state index is 0.00943. The Hall–Kier alpha value is -2.10. The maximum absolute atomic E-state index is 10.9. The molecule has 0 amide bonds. The molecule has 1 aliphatic carbocycles. The van der Waals surface area contributed by atoms with Crippen LogP contribution in [0.3, 0.4) is 0 Å². The highest BCUT2D eigenvalue weighted by Crippen LogP contribution is 2.49. The number of nitrogens with zero attached hydrogens (tertiary/aromatic N) is 1. The minimum atomic E-state index is -1.02. The van der Waals surface area contributed by atoms with Gasteiger partial charge in [-0.25, -0.2) is 9.78 Å². The molecular formula is C15H16N2O2. The summed E-state index contributed by atoms with van der Waals surface area (Å²) in [6.45, 7) is 4.41. The maximum Gasteiger partial charge on any atom is 0.371 e. The van der Waals surface area contributed by atoms with E-state index in [1.54, 1.807) is 6.20 Å². The van der Waals surface area contributed by atoms with E-state index in [-0.39, 0.29) is 17.2 Å². The molecule has 4 nitrogen and oxygen atoms in total. The molecule has 4 heteroatoms. The molecular weight excluding hydrogens is 240 g/mol. The normalized spacial score (nSPS) is 20.2. The van der Waals surface area contributed by atoms with Gasteiger partial charge in [0.1, 0.15) is 0 Å². The quantitative estimate of drug-likeness (QED) is 0.868. The number of benzene rings is 1. The van der Waals surface area contributed by atoms with Crippen molar-refractivity contribution in [1.29, 1.82) is 0 Å². The molecule has 1 aromatic heterocycles. The predicted molar refractivity (Wildman–Crippen MR) is 71.3 cm³/mol. The van der Waals surface area contributed by atoms with Crippen molar-refractivity contribution in [3.63, 3.8) is 0 Å². The second-order valence-corrected chi connectivity index (χ2v) is 5.79. The summed E-state index contributed by atoms with van der Waals surface area (Å²) in [5.74, 6) is -0.838. The SMILES string of the molecule is CC1(C)Cc2ccccc2C1c1cnc(C(=O)O)[nH]1. The van der Waals surface area contributed by atoms with Crippen molar-refractivity contribution in [3.05, 3.63) is 53.1 Å². The van der Waals surface area contributed by atoms with Gasteiger partial charge in [0.05, 0.1) is 0 Å². The number of aromatic nitrogens is 2. The number of fused-ring (bicyclic) bond motifs is 1. The van der Waals surface area contributed by atoms with E-state index in [9.17, 15) is 4.79 Å². The number of nitrogens with one attached hydrogen (secondary N) is 1. The second-order valence-electron chi connectivity index (χ2n) is 5.79. The number of rotatable bonds is 2. The van der Waals surface area contributed by atoms with Crippen LogP contribution in [0.25, 0.3) is 0 Å². The van der Waals surface area contributed by atoms with Crippen molar-refractivity contribution in [2.45, 2.75) is 26.2 Å². The van der Waals surface area contributed by atoms with E-state index in [4.69, 9.17) is 5.11 Å². The molecule has 0 saturated carbocycles. The summed E-state index contributed by atoms with van der Waals surface area (Å²) in [5, 5.41) is 8.97. The molecule has 2 N–H and O–H groups in total. The molecule has 0 fully saturated rings. The average Bonchev–Trinajstić information content (AvgIpc) is 2.88. The van der Waals surface area contributed by atoms with Gasteiger partial charge in [-0.15, -0.1) is 0 Å². The molecule has 1 atom stereocenters. The Bertz CT molecular complexity index is 643. The average molecular weight is 256 g/mol. The standard InChI is InChI=1S/C15H16N2O2/c1-15(2)7-9-5-3-4-6-10(9)12(15)11-8-16-13(17-11)14(18)19/h3-6,8,12H,7H2,1-2H3,(H,16,17)(H,18,19). The smallest absolute Gasteiger partial charge is 0.371 e. The summed E-state index contributed by atoms with van der Waals surface area (Å²) < 4.78 is 0. The van der Waals surface area contributed by atoms with Gasteiger partial charge >= 0.3 is 5.97 Å². The van der Waals surface area contributed by atoms with Gasteiger partial charge in [-0.1, -0.05) is 38.1 Å². The molecule has 3 rings (SSSR count). The number of aromatic amines is 1. The van der Waals surface area contributed by atoms with Gasteiger partial charge in [0.2, 0.25) is 5.82 Å². The van der Waals surface area contributed by atoms with Gasteiger partial charge in [-0.3, -0.25) is 0 Å². The fraction of sp³-hybridized carbons (Fsp3) is 0.333. The van der Waals surface area contributed by atoms with Crippen LogP contribution in [0.2, 0.25) is 0 Å². The number of hydrogen-bond acceptors (Lipinski definition) is 2. The van der Waals surface area contributed by atoms with Crippen molar-refractivity contribution in [2.75, 3.05) is 0 Å². The molecule has 1 aliphatic rings. The summed E-state index contributed by atoms with van der Waals surface area (Å²) in [6.07, 6.45) is 2.65. The summed E-state index contributed by atoms with van der Waals surface area (Å²) in [5.41, 5.74) is 3.55. The number of carboxylic acid groups (broad SMARTS) is 1. The minimum Gasteiger partial charge on any atom is -0.475 e. The molecule has 2 aromatic rings. The van der Waals surface area contributed by atoms with E-state index in [1.165, 1.54) is 11.1 Å². The lowest BCUT2D eigenvalue weighted by Crippen LogP contribution is -2.19. The summed E-state index contributed by atoms with van der Waals surface area (Å²) in [6, 6.07) is 8.34. The van der Waals surface area contributed by atoms with Crippen LogP contribution in [0, 0.1) is 5.41 Å². The van der Waals surface area contributed by atoms with E-state index in [2.05, 4.69) is 35.9 Å². The summed E-state index contributed by atoms with van der Waals surface area (Å²) >= 11 is 0. The zero-order valence-corrected chi connectivity index (χ0v) is 11.0. The van der Waals surface area contributed by atoms with Gasteiger partial charge in [-0.2, -0.15) is 0 Å². The largest absolute Gasteiger partial charge is 0.475 e. The van der Waals surface area contributed by atoms with E-state index < -0.39 is 5.97 Å². The Labute approximate surface area is 111 Å². The molecule has 1 aromatic carbocycles. The first-order valence-corrected chi connectivity index (χ1v) is 6.35. The first kappa shape index (κ1) is 12.0. The maximum atomic E-state index is 10.9. The van der Waals surface area contributed by atoms with Crippen molar-refractivity contribution >= 4 is 5.97 Å². The molecule has 19 heavy (non-hydrogen) atoms. The molecule has 0 spiro atoms. The number of carboxylic acids is 1. The van der Waals surface area contributed by atoms with Gasteiger partial charge in [-0.05, 0) is 23.0 Å². The van der Waals surface area contributed by atoms with Crippen LogP contribution in [-0.4, -0.2) is 21.0 Å². The molecule has 0 radical (unpaired) electrons. The van der Waals surface area contributed by atoms with Crippen molar-refractivity contribution < 1.29 is 9.90 Å². The van der Waals surface area contributed by atoms with Gasteiger partial charge in [0.15, 0.2) is 0 Å². The Kier molecular flexibility index (Phi) is 2.49. The number of carbonyl (C=O) groups is 1. The highest BCUT2D eigenvalue weighted by Gasteiger charge is 2.40. The van der Waals surface area contributed by atoms with Crippen LogP contribution in [0.5, 0.6) is 0 Å². The third-order valence-electron chi connectivity index (χ3n) is 3.90. The van der Waals surface area contributed by atoms with E-state index in [0.29, 0.717) is 0 Å². The van der Waals surface area contributed by atoms with Crippen LogP contribution in [-0.2, 0) is 6.42 Å². The van der Waals surface area contributed by atoms with Crippen LogP contribution in [0.4, 0.5) is 0 Å². The van der Waals surface area contributed by atoms with Crippen LogP contribution < -0.4 is 0 Å². The summed E-state index contributed by atoms with van der Waals surface area (Å²) in [4.78, 5) is 17.8. The van der Waals surface area contributed by atoms with Crippen LogP contribution in [0.1, 0.15) is 47.2 Å². The number of aromatic carboxylic acids is 1. The van der Waals surface area contributed by atoms with E-state index in [0.717, 1.165) is 12.1 Å². The molecule has 0 saturated heterocycles. The van der Waals surface area contributed by atoms with E-state index >= 15 is 0 Å². The Balaban J connectivity index is 2.09. The third kappa shape index (κ3) is 1.84. The number of H-pyrrole nitrogens is 1. The summed E-state index contributed by atoms with van der Waals surface area (Å²) in [7, 11) is 0. The zero-order chi connectivity index (χ0) is 13.6. The lowest BCUT2D eigenvalue weighted by molar-refractivity contribution is 0.0684. The van der Waals surface area contributed by atoms with Gasteiger partial charge < -0.3 is 10.1 Å². The molecule has 1 unspecified atom stereocenters. The van der Waals surface area contributed by atoms with Crippen molar-refractivity contribution in [3.8, 4) is 0 Å². The number of hydrogen-bond donors (Lipinski definition) is 2. The van der Waals surface area contributed by atoms with Crippen molar-refractivity contribution in [1.82, 2.24) is 9.97 Å². The zero-order valence-electron chi connectivity index (χ0n) is 11.0. The molecule has 1 heterocycles. The Morgan fingerprint density at radius 1 is 1.42 bits per heavy atom. The highest BCUT2D eigenvalue weighted by atomic mass is 16.4. The second kappa shape index (κ2) is 3.95. The van der Waals surface area contributed by atoms with Crippen LogP contribution in [0.15, 0.2) is 30.5 Å². The monoisotopic (exact) mass is 256 g/mol. The first-order valence-electron chi connectivity index (χ1n) is 6.35. The fourth-order valence-electron chi connectivity index (χ4n) is 3.17. The Morgan fingerprint density at radius 2 is 2.16 bits per heavy atom. The van der Waals surface area contributed by atoms with Gasteiger partial charge in [0.25, 0.3) is 0 Å². The molecule has 0 aliphatic heterocycles. The molecule has 98 valence electrons. The van der Waals surface area contributed by atoms with E-state index in [1.807, 2.05) is 12.1 Å². The Morgan fingerprint density at radius 3 is 2.84 bits per heavy atom. The topological polar surface area (TPSA) is 66.0 Å². The third-order valence-corrected chi connectivity index (χ3v) is 3.90.